The zero-order valence-electron chi connectivity index (χ0n) is 17.5. The lowest BCUT2D eigenvalue weighted by Crippen LogP contribution is -2.42. The van der Waals surface area contributed by atoms with Gasteiger partial charge in [-0.05, 0) is 72.6 Å². The van der Waals surface area contributed by atoms with Crippen molar-refractivity contribution in [3.05, 3.63) is 58.9 Å². The second-order valence-electron chi connectivity index (χ2n) is 8.58. The van der Waals surface area contributed by atoms with Crippen LogP contribution in [-0.2, 0) is 13.0 Å². The predicted molar refractivity (Wildman–Crippen MR) is 111 cm³/mol. The Labute approximate surface area is 176 Å². The van der Waals surface area contributed by atoms with Crippen LogP contribution in [0.5, 0.6) is 11.5 Å². The first kappa shape index (κ1) is 21.1. The first-order chi connectivity index (χ1) is 14.4. The molecule has 1 heterocycles. The number of rotatable bonds is 6. The third-order valence-electron chi connectivity index (χ3n) is 6.57. The number of methoxy groups -OCH3 is 2. The average Bonchev–Trinajstić information content (AvgIpc) is 3.03. The van der Waals surface area contributed by atoms with Gasteiger partial charge in [-0.1, -0.05) is 12.1 Å². The van der Waals surface area contributed by atoms with Gasteiger partial charge in [-0.3, -0.25) is 4.90 Å². The second-order valence-corrected chi connectivity index (χ2v) is 8.58. The Balaban J connectivity index is 1.37. The third kappa shape index (κ3) is 4.30. The van der Waals surface area contributed by atoms with Gasteiger partial charge in [-0.25, -0.2) is 8.78 Å². The summed E-state index contributed by atoms with van der Waals surface area (Å²) in [5.41, 5.74) is 1.42. The molecule has 2 unspecified atom stereocenters. The van der Waals surface area contributed by atoms with Crippen molar-refractivity contribution in [2.24, 2.45) is 5.92 Å². The fourth-order valence-corrected chi connectivity index (χ4v) is 4.90. The molecule has 1 N–H and O–H groups in total. The zero-order chi connectivity index (χ0) is 21.3. The predicted octanol–water partition coefficient (Wildman–Crippen LogP) is 4.44. The molecule has 162 valence electrons. The van der Waals surface area contributed by atoms with Crippen molar-refractivity contribution >= 4 is 0 Å². The summed E-state index contributed by atoms with van der Waals surface area (Å²) in [5.74, 6) is 0.810. The number of benzene rings is 2. The number of alkyl halides is 1. The van der Waals surface area contributed by atoms with E-state index in [1.807, 2.05) is 18.2 Å². The SMILES string of the molecule is COc1cc2c(cc1OC)C(O)C(CC1(F)CCN(Cc3cccc(F)c3)CC1)C2. The third-order valence-corrected chi connectivity index (χ3v) is 6.57. The summed E-state index contributed by atoms with van der Waals surface area (Å²) in [6, 6.07) is 10.3. The van der Waals surface area contributed by atoms with E-state index in [9.17, 15) is 9.50 Å². The van der Waals surface area contributed by atoms with E-state index in [1.54, 1.807) is 20.3 Å². The number of halogens is 2. The lowest BCUT2D eigenvalue weighted by Gasteiger charge is -2.38. The van der Waals surface area contributed by atoms with E-state index in [4.69, 9.17) is 9.47 Å². The molecule has 1 saturated heterocycles. The van der Waals surface area contributed by atoms with Gasteiger partial charge in [-0.15, -0.1) is 0 Å². The van der Waals surface area contributed by atoms with Crippen LogP contribution in [0.4, 0.5) is 8.78 Å². The van der Waals surface area contributed by atoms with Crippen LogP contribution in [0.25, 0.3) is 0 Å². The van der Waals surface area contributed by atoms with Gasteiger partial charge < -0.3 is 14.6 Å². The maximum absolute atomic E-state index is 15.6. The van der Waals surface area contributed by atoms with Crippen molar-refractivity contribution in [2.45, 2.75) is 44.0 Å². The molecule has 2 aliphatic rings. The highest BCUT2D eigenvalue weighted by atomic mass is 19.1. The van der Waals surface area contributed by atoms with Crippen molar-refractivity contribution < 1.29 is 23.4 Å². The molecule has 2 aromatic rings. The lowest BCUT2D eigenvalue weighted by molar-refractivity contribution is 0.00930. The van der Waals surface area contributed by atoms with Gasteiger partial charge in [0, 0.05) is 19.6 Å². The largest absolute Gasteiger partial charge is 0.493 e. The number of piperidine rings is 1. The van der Waals surface area contributed by atoms with Gasteiger partial charge in [0.25, 0.3) is 0 Å². The molecule has 2 atom stereocenters. The molecule has 0 spiro atoms. The molecule has 0 bridgehead atoms. The van der Waals surface area contributed by atoms with Crippen molar-refractivity contribution in [1.82, 2.24) is 4.90 Å². The van der Waals surface area contributed by atoms with Crippen molar-refractivity contribution in [2.75, 3.05) is 27.3 Å². The van der Waals surface area contributed by atoms with Crippen molar-refractivity contribution in [3.63, 3.8) is 0 Å². The van der Waals surface area contributed by atoms with E-state index < -0.39 is 11.8 Å². The Morgan fingerprint density at radius 2 is 1.80 bits per heavy atom. The van der Waals surface area contributed by atoms with Crippen LogP contribution < -0.4 is 9.47 Å². The van der Waals surface area contributed by atoms with Crippen LogP contribution in [0, 0.1) is 11.7 Å². The van der Waals surface area contributed by atoms with E-state index in [2.05, 4.69) is 4.90 Å². The van der Waals surface area contributed by atoms with Gasteiger partial charge in [-0.2, -0.15) is 0 Å². The monoisotopic (exact) mass is 417 g/mol. The highest BCUT2D eigenvalue weighted by Gasteiger charge is 2.42. The number of aliphatic hydroxyl groups excluding tert-OH is 1. The van der Waals surface area contributed by atoms with Crippen LogP contribution in [0.1, 0.15) is 42.1 Å². The average molecular weight is 417 g/mol. The van der Waals surface area contributed by atoms with Gasteiger partial charge in [0.1, 0.15) is 11.5 Å². The Morgan fingerprint density at radius 3 is 2.47 bits per heavy atom. The van der Waals surface area contributed by atoms with Crippen molar-refractivity contribution in [3.8, 4) is 11.5 Å². The number of aliphatic hydroxyl groups is 1. The minimum Gasteiger partial charge on any atom is -0.493 e. The first-order valence-corrected chi connectivity index (χ1v) is 10.5. The Hall–Kier alpha value is -2.18. The summed E-state index contributed by atoms with van der Waals surface area (Å²) < 4.78 is 39.7. The van der Waals surface area contributed by atoms with Crippen molar-refractivity contribution in [1.29, 1.82) is 0 Å². The van der Waals surface area contributed by atoms with Crippen LogP contribution in [0.2, 0.25) is 0 Å². The number of nitrogens with zero attached hydrogens (tertiary/aromatic N) is 1. The molecule has 0 amide bonds. The molecule has 0 aromatic heterocycles. The van der Waals surface area contributed by atoms with Gasteiger partial charge in [0.05, 0.1) is 20.3 Å². The molecule has 4 rings (SSSR count). The maximum Gasteiger partial charge on any atom is 0.161 e. The molecule has 2 aromatic carbocycles. The Morgan fingerprint density at radius 1 is 1.10 bits per heavy atom. The van der Waals surface area contributed by atoms with E-state index in [0.29, 0.717) is 56.8 Å². The lowest BCUT2D eigenvalue weighted by atomic mass is 9.82. The Bertz CT molecular complexity index is 896. The van der Waals surface area contributed by atoms with Crippen LogP contribution in [0.3, 0.4) is 0 Å². The first-order valence-electron chi connectivity index (χ1n) is 10.5. The maximum atomic E-state index is 15.6. The molecule has 0 radical (unpaired) electrons. The van der Waals surface area contributed by atoms with E-state index in [-0.39, 0.29) is 11.7 Å². The summed E-state index contributed by atoms with van der Waals surface area (Å²) in [6.45, 7) is 1.89. The molecule has 6 heteroatoms. The fraction of sp³-hybridized carbons (Fsp3) is 0.500. The smallest absolute Gasteiger partial charge is 0.161 e. The summed E-state index contributed by atoms with van der Waals surface area (Å²) in [4.78, 5) is 2.17. The quantitative estimate of drug-likeness (QED) is 0.755. The minimum absolute atomic E-state index is 0.156. The molecule has 1 fully saturated rings. The zero-order valence-corrected chi connectivity index (χ0v) is 17.5. The minimum atomic E-state index is -1.29. The highest BCUT2D eigenvalue weighted by molar-refractivity contribution is 5.50. The molecular formula is C24H29F2NO3. The molecule has 1 aliphatic heterocycles. The number of hydrogen-bond donors (Lipinski definition) is 1. The number of likely N-dealkylation sites (tertiary alicyclic amines) is 1. The normalized spacial score (nSPS) is 23.2. The number of hydrogen-bond acceptors (Lipinski definition) is 4. The summed E-state index contributed by atoms with van der Waals surface area (Å²) in [7, 11) is 3.15. The van der Waals surface area contributed by atoms with Crippen LogP contribution >= 0.6 is 0 Å². The number of fused-ring (bicyclic) bond motifs is 1. The summed E-state index contributed by atoms with van der Waals surface area (Å²) in [5, 5.41) is 10.8. The van der Waals surface area contributed by atoms with Crippen LogP contribution in [-0.4, -0.2) is 43.0 Å². The number of ether oxygens (including phenoxy) is 2. The van der Waals surface area contributed by atoms with E-state index in [0.717, 1.165) is 16.7 Å². The molecule has 4 nitrogen and oxygen atoms in total. The topological polar surface area (TPSA) is 41.9 Å². The molecule has 30 heavy (non-hydrogen) atoms. The Kier molecular flexibility index (Phi) is 5.98. The highest BCUT2D eigenvalue weighted by Crippen LogP contribution is 2.46. The van der Waals surface area contributed by atoms with E-state index in [1.165, 1.54) is 12.1 Å². The second kappa shape index (κ2) is 8.52. The van der Waals surface area contributed by atoms with Crippen LogP contribution in [0.15, 0.2) is 36.4 Å². The molecular weight excluding hydrogens is 388 g/mol. The summed E-state index contributed by atoms with van der Waals surface area (Å²) >= 11 is 0. The fourth-order valence-electron chi connectivity index (χ4n) is 4.90. The van der Waals surface area contributed by atoms with Gasteiger partial charge >= 0.3 is 0 Å². The standard InChI is InChI=1S/C24H29F2NO3/c1-29-21-12-17-11-18(23(28)20(17)13-22(21)30-2)14-24(26)6-8-27(9-7-24)15-16-4-3-5-19(25)10-16/h3-5,10,12-13,18,23,28H,6-9,11,14-15H2,1-2H3. The van der Waals surface area contributed by atoms with E-state index >= 15 is 4.39 Å². The van der Waals surface area contributed by atoms with Gasteiger partial charge in [0.15, 0.2) is 11.5 Å². The summed E-state index contributed by atoms with van der Waals surface area (Å²) in [6.07, 6.45) is 1.12. The van der Waals surface area contributed by atoms with Gasteiger partial charge in [0.2, 0.25) is 0 Å². The molecule has 1 aliphatic carbocycles. The molecule has 0 saturated carbocycles.